The summed E-state index contributed by atoms with van der Waals surface area (Å²) in [6, 6.07) is 55.4. The van der Waals surface area contributed by atoms with Gasteiger partial charge in [-0.2, -0.15) is 0 Å². The Bertz CT molecular complexity index is 3990. The lowest BCUT2D eigenvalue weighted by molar-refractivity contribution is 0.331. The number of hydrogen-bond donors (Lipinski definition) is 1. The molecule has 0 atom stereocenters. The van der Waals surface area contributed by atoms with Crippen LogP contribution in [0.2, 0.25) is 0 Å². The zero-order valence-corrected chi connectivity index (χ0v) is 49.8. The molecule has 0 saturated heterocycles. The molecule has 3 aliphatic carbocycles. The van der Waals surface area contributed by atoms with E-state index in [1.54, 1.807) is 0 Å². The molecule has 0 unspecified atom stereocenters. The van der Waals surface area contributed by atoms with Crippen LogP contribution in [0.1, 0.15) is 181 Å². The smallest absolute Gasteiger partial charge is 0.198 e. The third kappa shape index (κ3) is 7.70. The molecule has 2 nitrogen and oxygen atoms in total. The van der Waals surface area contributed by atoms with Gasteiger partial charge in [-0.25, -0.2) is 0 Å². The van der Waals surface area contributed by atoms with Crippen molar-refractivity contribution in [1.82, 2.24) is 4.57 Å². The summed E-state index contributed by atoms with van der Waals surface area (Å²) in [5.41, 5.74) is 31.0. The minimum absolute atomic E-state index is 0.00422. The largest absolute Gasteiger partial charge is 0.355 e. The third-order valence-electron chi connectivity index (χ3n) is 20.1. The van der Waals surface area contributed by atoms with Crippen molar-refractivity contribution in [2.45, 2.75) is 174 Å². The van der Waals surface area contributed by atoms with E-state index in [1.165, 1.54) is 153 Å². The van der Waals surface area contributed by atoms with Gasteiger partial charge in [0.2, 0.25) is 0 Å². The summed E-state index contributed by atoms with van der Waals surface area (Å²) in [6.07, 6.45) is 4.72. The van der Waals surface area contributed by atoms with E-state index in [4.69, 9.17) is 0 Å². The topological polar surface area (TPSA) is 17.0 Å². The van der Waals surface area contributed by atoms with Crippen LogP contribution in [0.15, 0.2) is 140 Å². The number of nitrogens with one attached hydrogen (secondary N) is 1. The van der Waals surface area contributed by atoms with Crippen LogP contribution in [0.5, 0.6) is 0 Å². The molecule has 0 amide bonds. The molecule has 0 saturated carbocycles. The number of aromatic nitrogens is 1. The van der Waals surface area contributed by atoms with Crippen molar-refractivity contribution in [3.8, 4) is 50.2 Å². The van der Waals surface area contributed by atoms with Crippen molar-refractivity contribution >= 4 is 51.4 Å². The number of benzene rings is 8. The summed E-state index contributed by atoms with van der Waals surface area (Å²) in [6.45, 7) is 38.8. The zero-order valence-electron chi connectivity index (χ0n) is 49.8. The number of hydrogen-bond acceptors (Lipinski definition) is 1. The Morgan fingerprint density at radius 1 is 0.436 bits per heavy atom. The first-order chi connectivity index (χ1) is 36.6. The van der Waals surface area contributed by atoms with Crippen LogP contribution in [0, 0.1) is 0 Å². The van der Waals surface area contributed by atoms with Crippen molar-refractivity contribution in [1.29, 1.82) is 0 Å². The van der Waals surface area contributed by atoms with Gasteiger partial charge in [0.05, 0.1) is 5.52 Å². The SMILES string of the molecule is CC(C)(C)c1ccc(Nc2cc3c(cc2-c2cc(-c4ccccc4-c4ccccc4)c4c5cc6c(cc5n5c4c2Bc2cc(C(C)(C)C)ccc2-5)C(C)(C)CCC6(C)C)C(C)(C)c2cc4c(cc2-3)C(C)(C)CCC4(C)C)cc1. The Kier molecular flexibility index (Phi) is 10.9. The van der Waals surface area contributed by atoms with Gasteiger partial charge in [-0.3, -0.25) is 0 Å². The molecule has 1 aliphatic heterocycles. The van der Waals surface area contributed by atoms with Crippen LogP contribution < -0.4 is 16.2 Å². The summed E-state index contributed by atoms with van der Waals surface area (Å²) in [7, 11) is 0.829. The van der Waals surface area contributed by atoms with Crippen LogP contribution in [0.25, 0.3) is 72.0 Å². The molecule has 13 rings (SSSR count). The van der Waals surface area contributed by atoms with Crippen LogP contribution >= 0.6 is 0 Å². The maximum atomic E-state index is 4.18. The minimum atomic E-state index is -0.231. The normalized spacial score (nSPS) is 17.9. The third-order valence-corrected chi connectivity index (χ3v) is 20.1. The van der Waals surface area contributed by atoms with E-state index >= 15 is 0 Å². The Balaban J connectivity index is 1.18. The predicted octanol–water partition coefficient (Wildman–Crippen LogP) is 18.8. The summed E-state index contributed by atoms with van der Waals surface area (Å²) >= 11 is 0. The number of nitrogens with zero attached hydrogens (tertiary/aromatic N) is 1. The number of anilines is 2. The molecule has 0 spiro atoms. The quantitative estimate of drug-likeness (QED) is 0.170. The lowest BCUT2D eigenvalue weighted by Gasteiger charge is -2.42. The van der Waals surface area contributed by atoms with Gasteiger partial charge in [0.15, 0.2) is 7.28 Å². The van der Waals surface area contributed by atoms with Crippen molar-refractivity contribution in [3.05, 3.63) is 184 Å². The molecule has 8 aromatic carbocycles. The Hall–Kier alpha value is -6.58. The van der Waals surface area contributed by atoms with Gasteiger partial charge in [-0.1, -0.05) is 201 Å². The van der Waals surface area contributed by atoms with Crippen LogP contribution in [0.4, 0.5) is 11.4 Å². The molecule has 9 aromatic rings. The molecule has 1 N–H and O–H groups in total. The van der Waals surface area contributed by atoms with E-state index in [2.05, 4.69) is 260 Å². The van der Waals surface area contributed by atoms with Crippen molar-refractivity contribution in [2.24, 2.45) is 0 Å². The predicted molar refractivity (Wildman–Crippen MR) is 339 cm³/mol. The zero-order chi connectivity index (χ0) is 55.0. The van der Waals surface area contributed by atoms with Gasteiger partial charge in [0, 0.05) is 44.3 Å². The monoisotopic (exact) mass is 1020 g/mol. The lowest BCUT2D eigenvalue weighted by Crippen LogP contribution is -2.38. The second-order valence-corrected chi connectivity index (χ2v) is 29.6. The lowest BCUT2D eigenvalue weighted by atomic mass is 9.58. The Morgan fingerprint density at radius 3 is 1.59 bits per heavy atom. The number of fused-ring (bicyclic) bond motifs is 10. The number of rotatable bonds is 5. The molecule has 0 radical (unpaired) electrons. The highest BCUT2D eigenvalue weighted by atomic mass is 15.0. The average Bonchev–Trinajstić information content (AvgIpc) is 3.42. The minimum Gasteiger partial charge on any atom is -0.355 e. The van der Waals surface area contributed by atoms with E-state index in [1.807, 2.05) is 0 Å². The highest BCUT2D eigenvalue weighted by Gasteiger charge is 2.44. The van der Waals surface area contributed by atoms with E-state index < -0.39 is 0 Å². The molecular weight excluding hydrogens is 940 g/mol. The first-order valence-electron chi connectivity index (χ1n) is 29.4. The van der Waals surface area contributed by atoms with Crippen LogP contribution in [-0.4, -0.2) is 11.8 Å². The van der Waals surface area contributed by atoms with Gasteiger partial charge in [0.1, 0.15) is 0 Å². The molecule has 78 heavy (non-hydrogen) atoms. The molecular formula is C75H81BN2. The first-order valence-corrected chi connectivity index (χ1v) is 29.4. The fourth-order valence-electron chi connectivity index (χ4n) is 14.8. The summed E-state index contributed by atoms with van der Waals surface area (Å²) < 4.78 is 2.72. The van der Waals surface area contributed by atoms with Crippen molar-refractivity contribution in [2.75, 3.05) is 5.32 Å². The standard InChI is InChI=1S/C75H81BN2/c1-69(2,3)45-26-29-47(30-27-45)77-63-41-51-50-38-58-60(73(11,12)34-32-71(58,7)8)42-57(50)75(15,16)56(51)39-52(63)54-37-53(49-25-21-20-24-48(49)44-22-18-17-19-23-44)66-55-40-59-61(74(13,14)35-33-72(59,9)10)43-65(55)78-64-31-28-46(70(4,5)6)36-62(64)76-67(54)68(66)78/h17-31,36-43,76-77H,32-35H2,1-16H3. The van der Waals surface area contributed by atoms with Crippen molar-refractivity contribution in [3.63, 3.8) is 0 Å². The molecule has 0 bridgehead atoms. The van der Waals surface area contributed by atoms with Gasteiger partial charge in [-0.05, 0) is 202 Å². The van der Waals surface area contributed by atoms with Gasteiger partial charge < -0.3 is 9.88 Å². The van der Waals surface area contributed by atoms with Gasteiger partial charge >= 0.3 is 0 Å². The molecule has 3 heteroatoms. The highest BCUT2D eigenvalue weighted by Crippen LogP contribution is 2.57. The summed E-state index contributed by atoms with van der Waals surface area (Å²) in [5.74, 6) is 0. The molecule has 1 aromatic heterocycles. The fourth-order valence-corrected chi connectivity index (χ4v) is 14.8. The van der Waals surface area contributed by atoms with E-state index in [0.717, 1.165) is 18.7 Å². The fraction of sp³-hybridized carbons (Fsp3) is 0.360. The van der Waals surface area contributed by atoms with E-state index in [-0.39, 0.29) is 37.9 Å². The maximum absolute atomic E-state index is 4.18. The average molecular weight is 1020 g/mol. The van der Waals surface area contributed by atoms with Gasteiger partial charge in [0.25, 0.3) is 0 Å². The molecule has 2 heterocycles. The Labute approximate surface area is 467 Å². The second-order valence-electron chi connectivity index (χ2n) is 29.6. The van der Waals surface area contributed by atoms with Gasteiger partial charge in [-0.15, -0.1) is 0 Å². The van der Waals surface area contributed by atoms with Crippen LogP contribution in [-0.2, 0) is 37.9 Å². The first kappa shape index (κ1) is 50.9. The second kappa shape index (κ2) is 16.7. The molecule has 4 aliphatic rings. The van der Waals surface area contributed by atoms with Crippen LogP contribution in [0.3, 0.4) is 0 Å². The maximum Gasteiger partial charge on any atom is 0.198 e. The Morgan fingerprint density at radius 2 is 0.962 bits per heavy atom. The summed E-state index contributed by atoms with van der Waals surface area (Å²) in [5, 5.41) is 6.89. The molecule has 394 valence electrons. The van der Waals surface area contributed by atoms with Crippen molar-refractivity contribution < 1.29 is 0 Å². The molecule has 0 fully saturated rings. The highest BCUT2D eigenvalue weighted by molar-refractivity contribution is 6.73. The summed E-state index contributed by atoms with van der Waals surface area (Å²) in [4.78, 5) is 0. The van der Waals surface area contributed by atoms with E-state index in [9.17, 15) is 0 Å². The van der Waals surface area contributed by atoms with E-state index in [0.29, 0.717) is 0 Å².